The summed E-state index contributed by atoms with van der Waals surface area (Å²) in [4.78, 5) is 23.6. The van der Waals surface area contributed by atoms with Crippen LogP contribution in [0.25, 0.3) is 0 Å². The molecule has 114 valence electrons. The molecule has 1 aromatic rings. The number of phenolic OH excluding ortho intramolecular Hbond substituents is 1. The molecule has 21 heavy (non-hydrogen) atoms. The number of carboxylic acids is 1. The maximum Gasteiger partial charge on any atom is 0.305 e. The second kappa shape index (κ2) is 6.16. The molecular weight excluding hydrogens is 270 g/mol. The Labute approximate surface area is 124 Å². The number of aromatic hydroxyl groups is 1. The van der Waals surface area contributed by atoms with Crippen molar-refractivity contribution in [3.8, 4) is 5.75 Å². The molecule has 0 atom stereocenters. The van der Waals surface area contributed by atoms with Crippen LogP contribution in [-0.4, -0.2) is 27.6 Å². The van der Waals surface area contributed by atoms with E-state index in [0.717, 1.165) is 19.3 Å². The number of amides is 1. The van der Waals surface area contributed by atoms with Crippen molar-refractivity contribution >= 4 is 11.9 Å². The minimum absolute atomic E-state index is 0.0589. The van der Waals surface area contributed by atoms with Gasteiger partial charge in [-0.1, -0.05) is 25.3 Å². The van der Waals surface area contributed by atoms with Gasteiger partial charge in [0.05, 0.1) is 12.0 Å². The Kier molecular flexibility index (Phi) is 4.50. The van der Waals surface area contributed by atoms with Crippen molar-refractivity contribution in [3.05, 3.63) is 29.3 Å². The van der Waals surface area contributed by atoms with Crippen LogP contribution in [-0.2, 0) is 4.79 Å². The van der Waals surface area contributed by atoms with E-state index in [1.165, 1.54) is 6.07 Å². The van der Waals surface area contributed by atoms with Crippen LogP contribution in [0.4, 0.5) is 0 Å². The maximum absolute atomic E-state index is 12.5. The molecule has 0 radical (unpaired) electrons. The van der Waals surface area contributed by atoms with Gasteiger partial charge in [-0.15, -0.1) is 0 Å². The highest BCUT2D eigenvalue weighted by molar-refractivity contribution is 5.97. The molecule has 0 bridgehead atoms. The highest BCUT2D eigenvalue weighted by Crippen LogP contribution is 2.32. The topological polar surface area (TPSA) is 86.6 Å². The molecule has 5 nitrogen and oxygen atoms in total. The molecular formula is C16H21NO4. The Balaban J connectivity index is 2.21. The summed E-state index contributed by atoms with van der Waals surface area (Å²) in [5.74, 6) is -1.14. The van der Waals surface area contributed by atoms with Crippen LogP contribution in [0.15, 0.2) is 18.2 Å². The molecule has 5 heteroatoms. The van der Waals surface area contributed by atoms with E-state index in [-0.39, 0.29) is 18.1 Å². The van der Waals surface area contributed by atoms with Gasteiger partial charge in [-0.2, -0.15) is 0 Å². The zero-order valence-corrected chi connectivity index (χ0v) is 12.2. The monoisotopic (exact) mass is 291 g/mol. The molecule has 1 aromatic carbocycles. The summed E-state index contributed by atoms with van der Waals surface area (Å²) in [5.41, 5.74) is 0.237. The number of phenols is 1. The highest BCUT2D eigenvalue weighted by Gasteiger charge is 2.36. The second-order valence-corrected chi connectivity index (χ2v) is 5.82. The number of nitrogens with one attached hydrogen (secondary N) is 1. The molecule has 3 N–H and O–H groups in total. The van der Waals surface area contributed by atoms with Crippen LogP contribution >= 0.6 is 0 Å². The van der Waals surface area contributed by atoms with E-state index in [1.54, 1.807) is 19.1 Å². The summed E-state index contributed by atoms with van der Waals surface area (Å²) in [6.07, 6.45) is 4.23. The first-order chi connectivity index (χ1) is 9.93. The number of hydrogen-bond acceptors (Lipinski definition) is 3. The van der Waals surface area contributed by atoms with Crippen molar-refractivity contribution in [1.29, 1.82) is 0 Å². The van der Waals surface area contributed by atoms with Crippen molar-refractivity contribution in [2.45, 2.75) is 51.0 Å². The molecule has 1 aliphatic rings. The molecule has 1 amide bonds. The molecule has 0 aromatic heterocycles. The molecule has 2 rings (SSSR count). The lowest BCUT2D eigenvalue weighted by Crippen LogP contribution is -2.51. The first kappa shape index (κ1) is 15.4. The van der Waals surface area contributed by atoms with Gasteiger partial charge < -0.3 is 15.5 Å². The normalized spacial score (nSPS) is 17.2. The summed E-state index contributed by atoms with van der Waals surface area (Å²) in [7, 11) is 0. The number of hydrogen-bond donors (Lipinski definition) is 3. The molecule has 1 saturated carbocycles. The van der Waals surface area contributed by atoms with Gasteiger partial charge in [0.25, 0.3) is 5.91 Å². The Morgan fingerprint density at radius 2 is 1.90 bits per heavy atom. The Morgan fingerprint density at radius 1 is 1.24 bits per heavy atom. The minimum atomic E-state index is -0.898. The standard InChI is InChI=1S/C16H21NO4/c1-11-12(6-5-7-13(11)18)15(21)17-16(10-14(19)20)8-3-2-4-9-16/h5-7,18H,2-4,8-10H2,1H3,(H,17,21)(H,19,20). The fourth-order valence-electron chi connectivity index (χ4n) is 3.04. The molecule has 0 spiro atoms. The summed E-state index contributed by atoms with van der Waals surface area (Å²) < 4.78 is 0. The average molecular weight is 291 g/mol. The summed E-state index contributed by atoms with van der Waals surface area (Å²) >= 11 is 0. The lowest BCUT2D eigenvalue weighted by Gasteiger charge is -2.37. The quantitative estimate of drug-likeness (QED) is 0.796. The minimum Gasteiger partial charge on any atom is -0.508 e. The van der Waals surface area contributed by atoms with Crippen molar-refractivity contribution in [2.75, 3.05) is 0 Å². The molecule has 1 aliphatic carbocycles. The van der Waals surface area contributed by atoms with E-state index in [4.69, 9.17) is 5.11 Å². The first-order valence-corrected chi connectivity index (χ1v) is 7.26. The second-order valence-electron chi connectivity index (χ2n) is 5.82. The van der Waals surface area contributed by atoms with Gasteiger partial charge in [0, 0.05) is 11.1 Å². The lowest BCUT2D eigenvalue weighted by molar-refractivity contribution is -0.139. The van der Waals surface area contributed by atoms with Crippen molar-refractivity contribution in [3.63, 3.8) is 0 Å². The van der Waals surface area contributed by atoms with Gasteiger partial charge >= 0.3 is 5.97 Å². The van der Waals surface area contributed by atoms with Gasteiger partial charge in [-0.25, -0.2) is 0 Å². The van der Waals surface area contributed by atoms with Crippen LogP contribution in [0.2, 0.25) is 0 Å². The number of rotatable bonds is 4. The third-order valence-electron chi connectivity index (χ3n) is 4.23. The van der Waals surface area contributed by atoms with E-state index in [1.807, 2.05) is 0 Å². The van der Waals surface area contributed by atoms with Crippen LogP contribution in [0.3, 0.4) is 0 Å². The number of aliphatic carboxylic acids is 1. The van der Waals surface area contributed by atoms with Gasteiger partial charge in [-0.05, 0) is 31.9 Å². The van der Waals surface area contributed by atoms with Gasteiger partial charge in [0.1, 0.15) is 5.75 Å². The predicted molar refractivity (Wildman–Crippen MR) is 78.4 cm³/mol. The van der Waals surface area contributed by atoms with E-state index >= 15 is 0 Å². The molecule has 1 fully saturated rings. The first-order valence-electron chi connectivity index (χ1n) is 7.26. The van der Waals surface area contributed by atoms with Crippen LogP contribution in [0.5, 0.6) is 5.75 Å². The number of carboxylic acid groups (broad SMARTS) is 1. The van der Waals surface area contributed by atoms with Crippen molar-refractivity contribution in [1.82, 2.24) is 5.32 Å². The Morgan fingerprint density at radius 3 is 2.52 bits per heavy atom. The highest BCUT2D eigenvalue weighted by atomic mass is 16.4. The third kappa shape index (κ3) is 3.54. The fourth-order valence-corrected chi connectivity index (χ4v) is 3.04. The predicted octanol–water partition coefficient (Wildman–Crippen LogP) is 2.61. The lowest BCUT2D eigenvalue weighted by atomic mass is 9.79. The van der Waals surface area contributed by atoms with Crippen LogP contribution in [0, 0.1) is 6.92 Å². The maximum atomic E-state index is 12.5. The zero-order chi connectivity index (χ0) is 15.5. The molecule has 0 unspecified atom stereocenters. The van der Waals surface area contributed by atoms with E-state index in [0.29, 0.717) is 24.0 Å². The van der Waals surface area contributed by atoms with E-state index in [2.05, 4.69) is 5.32 Å². The molecule has 0 saturated heterocycles. The van der Waals surface area contributed by atoms with Crippen LogP contribution in [0.1, 0.15) is 54.4 Å². The summed E-state index contributed by atoms with van der Waals surface area (Å²) in [6, 6.07) is 4.78. The number of benzene rings is 1. The van der Waals surface area contributed by atoms with Gasteiger partial charge in [-0.3, -0.25) is 9.59 Å². The van der Waals surface area contributed by atoms with Crippen molar-refractivity contribution in [2.24, 2.45) is 0 Å². The number of carbonyl (C=O) groups excluding carboxylic acids is 1. The summed E-state index contributed by atoms with van der Waals surface area (Å²) in [6.45, 7) is 1.68. The SMILES string of the molecule is Cc1c(O)cccc1C(=O)NC1(CC(=O)O)CCCCC1. The summed E-state index contributed by atoms with van der Waals surface area (Å²) in [5, 5.41) is 21.7. The molecule has 0 aliphatic heterocycles. The molecule has 0 heterocycles. The van der Waals surface area contributed by atoms with Gasteiger partial charge in [0.2, 0.25) is 0 Å². The average Bonchev–Trinajstić information content (AvgIpc) is 2.41. The largest absolute Gasteiger partial charge is 0.508 e. The van der Waals surface area contributed by atoms with E-state index in [9.17, 15) is 14.7 Å². The zero-order valence-electron chi connectivity index (χ0n) is 12.2. The number of carbonyl (C=O) groups is 2. The fraction of sp³-hybridized carbons (Fsp3) is 0.500. The third-order valence-corrected chi connectivity index (χ3v) is 4.23. The van der Waals surface area contributed by atoms with Gasteiger partial charge in [0.15, 0.2) is 0 Å². The van der Waals surface area contributed by atoms with E-state index < -0.39 is 11.5 Å². The Hall–Kier alpha value is -2.04. The smallest absolute Gasteiger partial charge is 0.305 e. The Bertz CT molecular complexity index is 547. The van der Waals surface area contributed by atoms with Crippen molar-refractivity contribution < 1.29 is 19.8 Å². The van der Waals surface area contributed by atoms with Crippen LogP contribution < -0.4 is 5.32 Å².